The summed E-state index contributed by atoms with van der Waals surface area (Å²) in [7, 11) is 0. The van der Waals surface area contributed by atoms with E-state index >= 15 is 0 Å². The summed E-state index contributed by atoms with van der Waals surface area (Å²) in [5.41, 5.74) is 7.64. The van der Waals surface area contributed by atoms with Crippen LogP contribution in [0.25, 0.3) is 6.08 Å². The highest BCUT2D eigenvalue weighted by Crippen LogP contribution is 2.04. The summed E-state index contributed by atoms with van der Waals surface area (Å²) < 4.78 is 0. The molecule has 0 saturated carbocycles. The molecular weight excluding hydrogens is 122 g/mol. The molecule has 0 aromatic heterocycles. The summed E-state index contributed by atoms with van der Waals surface area (Å²) in [5, 5.41) is 0. The van der Waals surface area contributed by atoms with Crippen molar-refractivity contribution in [3.63, 3.8) is 0 Å². The van der Waals surface area contributed by atoms with Crippen LogP contribution in [0, 0.1) is 6.92 Å². The summed E-state index contributed by atoms with van der Waals surface area (Å²) in [6, 6.07) is 8.19. The lowest BCUT2D eigenvalue weighted by molar-refractivity contribution is 1.46. The normalized spacial score (nSPS) is 10.5. The summed E-state index contributed by atoms with van der Waals surface area (Å²) in [5.74, 6) is 0. The lowest BCUT2D eigenvalue weighted by Crippen LogP contribution is -1.78. The third kappa shape index (κ3) is 1.62. The molecule has 1 heteroatoms. The van der Waals surface area contributed by atoms with Crippen molar-refractivity contribution in [3.05, 3.63) is 41.6 Å². The van der Waals surface area contributed by atoms with Crippen LogP contribution in [0.1, 0.15) is 11.1 Å². The molecule has 1 nitrogen and oxygen atoms in total. The van der Waals surface area contributed by atoms with E-state index in [-0.39, 0.29) is 0 Å². The maximum atomic E-state index is 5.23. The van der Waals surface area contributed by atoms with E-state index in [1.165, 1.54) is 5.56 Å². The monoisotopic (exact) mass is 133 g/mol. The Labute approximate surface area is 61.2 Å². The van der Waals surface area contributed by atoms with Crippen molar-refractivity contribution in [2.75, 3.05) is 0 Å². The lowest BCUT2D eigenvalue weighted by atomic mass is 10.1. The van der Waals surface area contributed by atoms with Gasteiger partial charge in [0.25, 0.3) is 0 Å². The maximum Gasteiger partial charge on any atom is -0.00564 e. The number of nitrogens with two attached hydrogens (primary N) is 1. The summed E-state index contributed by atoms with van der Waals surface area (Å²) >= 11 is 0. The molecule has 0 heterocycles. The third-order valence-corrected chi connectivity index (χ3v) is 1.33. The second-order valence-corrected chi connectivity index (χ2v) is 2.27. The first-order valence-corrected chi connectivity index (χ1v) is 3.28. The highest BCUT2D eigenvalue weighted by molar-refractivity contribution is 5.49. The molecule has 0 fully saturated rings. The van der Waals surface area contributed by atoms with Gasteiger partial charge in [-0.15, -0.1) is 0 Å². The van der Waals surface area contributed by atoms with Crippen LogP contribution in [0.5, 0.6) is 0 Å². The molecule has 0 amide bonds. The summed E-state index contributed by atoms with van der Waals surface area (Å²) in [6.45, 7) is 2.06. The fourth-order valence-corrected chi connectivity index (χ4v) is 0.885. The van der Waals surface area contributed by atoms with Crippen molar-refractivity contribution in [1.29, 1.82) is 0 Å². The Morgan fingerprint density at radius 1 is 1.40 bits per heavy atom. The number of rotatable bonds is 1. The van der Waals surface area contributed by atoms with E-state index in [9.17, 15) is 0 Å². The van der Waals surface area contributed by atoms with Crippen molar-refractivity contribution < 1.29 is 0 Å². The smallest absolute Gasteiger partial charge is 0.00564 e. The van der Waals surface area contributed by atoms with Gasteiger partial charge in [0.15, 0.2) is 0 Å². The Bertz CT molecular complexity index is 238. The van der Waals surface area contributed by atoms with Gasteiger partial charge >= 0.3 is 0 Å². The molecule has 1 aromatic carbocycles. The van der Waals surface area contributed by atoms with Gasteiger partial charge in [-0.1, -0.05) is 29.8 Å². The Morgan fingerprint density at radius 2 is 2.20 bits per heavy atom. The summed E-state index contributed by atoms with van der Waals surface area (Å²) in [6.07, 6.45) is 3.43. The molecule has 0 aliphatic rings. The average Bonchev–Trinajstić information content (AvgIpc) is 1.88. The van der Waals surface area contributed by atoms with E-state index in [1.807, 2.05) is 18.2 Å². The van der Waals surface area contributed by atoms with Gasteiger partial charge in [-0.05, 0) is 24.8 Å². The van der Waals surface area contributed by atoms with Crippen LogP contribution in [-0.2, 0) is 0 Å². The zero-order valence-electron chi connectivity index (χ0n) is 6.04. The largest absolute Gasteiger partial charge is 0.405 e. The molecular formula is C9H11N. The Kier molecular flexibility index (Phi) is 2.11. The van der Waals surface area contributed by atoms with Crippen LogP contribution in [0.4, 0.5) is 0 Å². The van der Waals surface area contributed by atoms with Gasteiger partial charge in [0.1, 0.15) is 0 Å². The van der Waals surface area contributed by atoms with Crippen LogP contribution in [0.3, 0.4) is 0 Å². The molecule has 0 bridgehead atoms. The molecule has 2 N–H and O–H groups in total. The number of hydrogen-bond donors (Lipinski definition) is 1. The van der Waals surface area contributed by atoms with Gasteiger partial charge in [-0.2, -0.15) is 0 Å². The molecule has 0 aliphatic carbocycles. The molecule has 0 atom stereocenters. The van der Waals surface area contributed by atoms with Crippen molar-refractivity contribution in [2.45, 2.75) is 6.92 Å². The van der Waals surface area contributed by atoms with Gasteiger partial charge in [0, 0.05) is 0 Å². The van der Waals surface area contributed by atoms with Gasteiger partial charge in [-0.25, -0.2) is 0 Å². The van der Waals surface area contributed by atoms with Crippen LogP contribution in [-0.4, -0.2) is 0 Å². The van der Waals surface area contributed by atoms with Crippen molar-refractivity contribution in [1.82, 2.24) is 0 Å². The van der Waals surface area contributed by atoms with Crippen molar-refractivity contribution in [2.24, 2.45) is 5.73 Å². The molecule has 0 saturated heterocycles. The molecule has 0 aliphatic heterocycles. The highest BCUT2D eigenvalue weighted by atomic mass is 14.5. The lowest BCUT2D eigenvalue weighted by Gasteiger charge is -1.93. The Hall–Kier alpha value is -1.24. The Balaban J connectivity index is 2.95. The molecule has 0 radical (unpaired) electrons. The molecule has 1 aromatic rings. The van der Waals surface area contributed by atoms with E-state index in [0.29, 0.717) is 0 Å². The van der Waals surface area contributed by atoms with Crippen LogP contribution >= 0.6 is 0 Å². The zero-order valence-corrected chi connectivity index (χ0v) is 6.04. The van der Waals surface area contributed by atoms with Crippen LogP contribution in [0.15, 0.2) is 30.5 Å². The fraction of sp³-hybridized carbons (Fsp3) is 0.111. The predicted octanol–water partition coefficient (Wildman–Crippen LogP) is 1.92. The minimum atomic E-state index is 1.16. The number of aryl methyl sites for hydroxylation is 1. The first kappa shape index (κ1) is 6.87. The molecule has 0 unspecified atom stereocenters. The average molecular weight is 133 g/mol. The SMILES string of the molecule is Cc1cccc(/C=C\N)c1. The van der Waals surface area contributed by atoms with Crippen LogP contribution < -0.4 is 5.73 Å². The summed E-state index contributed by atoms with van der Waals surface area (Å²) in [4.78, 5) is 0. The molecule has 10 heavy (non-hydrogen) atoms. The maximum absolute atomic E-state index is 5.23. The minimum absolute atomic E-state index is 1.16. The van der Waals surface area contributed by atoms with Crippen LogP contribution in [0.2, 0.25) is 0 Å². The van der Waals surface area contributed by atoms with Crippen molar-refractivity contribution in [3.8, 4) is 0 Å². The molecule has 52 valence electrons. The molecule has 0 spiro atoms. The van der Waals surface area contributed by atoms with E-state index in [2.05, 4.69) is 19.1 Å². The second-order valence-electron chi connectivity index (χ2n) is 2.27. The number of benzene rings is 1. The topological polar surface area (TPSA) is 26.0 Å². The van der Waals surface area contributed by atoms with Crippen molar-refractivity contribution >= 4 is 6.08 Å². The van der Waals surface area contributed by atoms with E-state index in [0.717, 1.165) is 5.56 Å². The quantitative estimate of drug-likeness (QED) is 0.622. The third-order valence-electron chi connectivity index (χ3n) is 1.33. The predicted molar refractivity (Wildman–Crippen MR) is 44.4 cm³/mol. The van der Waals surface area contributed by atoms with Gasteiger partial charge in [0.05, 0.1) is 0 Å². The second kappa shape index (κ2) is 3.06. The highest BCUT2D eigenvalue weighted by Gasteiger charge is 1.84. The Morgan fingerprint density at radius 3 is 2.80 bits per heavy atom. The first-order valence-electron chi connectivity index (χ1n) is 3.28. The van der Waals surface area contributed by atoms with Gasteiger partial charge in [-0.3, -0.25) is 0 Å². The fourth-order valence-electron chi connectivity index (χ4n) is 0.885. The van der Waals surface area contributed by atoms with Gasteiger partial charge < -0.3 is 5.73 Å². The zero-order chi connectivity index (χ0) is 7.40. The van der Waals surface area contributed by atoms with E-state index < -0.39 is 0 Å². The minimum Gasteiger partial charge on any atom is -0.405 e. The number of hydrogen-bond acceptors (Lipinski definition) is 1. The molecule has 1 rings (SSSR count). The van der Waals surface area contributed by atoms with Gasteiger partial charge in [0.2, 0.25) is 0 Å². The first-order chi connectivity index (χ1) is 4.83. The standard InChI is InChI=1S/C9H11N/c1-8-3-2-4-9(7-8)5-6-10/h2-7H,10H2,1H3/b6-5-. The van der Waals surface area contributed by atoms with E-state index in [4.69, 9.17) is 5.73 Å². The van der Waals surface area contributed by atoms with E-state index in [1.54, 1.807) is 6.20 Å².